The van der Waals surface area contributed by atoms with Crippen molar-refractivity contribution in [3.8, 4) is 11.5 Å². The third kappa shape index (κ3) is 3.92. The summed E-state index contributed by atoms with van der Waals surface area (Å²) < 4.78 is 0. The van der Waals surface area contributed by atoms with Crippen LogP contribution in [0.2, 0.25) is 0 Å². The molecule has 21 heavy (non-hydrogen) atoms. The van der Waals surface area contributed by atoms with Crippen molar-refractivity contribution in [2.75, 3.05) is 11.5 Å². The Morgan fingerprint density at radius 1 is 0.762 bits per heavy atom. The van der Waals surface area contributed by atoms with E-state index in [-0.39, 0.29) is 11.5 Å². The Kier molecular flexibility index (Phi) is 5.12. The van der Waals surface area contributed by atoms with E-state index >= 15 is 0 Å². The van der Waals surface area contributed by atoms with Crippen LogP contribution in [0, 0.1) is 0 Å². The van der Waals surface area contributed by atoms with Crippen LogP contribution in [0.4, 0.5) is 0 Å². The van der Waals surface area contributed by atoms with Crippen LogP contribution in [0.15, 0.2) is 61.7 Å². The second-order valence-corrected chi connectivity index (χ2v) is 5.72. The van der Waals surface area contributed by atoms with Gasteiger partial charge in [0.2, 0.25) is 0 Å². The van der Waals surface area contributed by atoms with Crippen molar-refractivity contribution in [1.29, 1.82) is 0 Å². The van der Waals surface area contributed by atoms with E-state index in [0.717, 1.165) is 22.3 Å². The molecule has 0 aliphatic heterocycles. The molecule has 0 heterocycles. The van der Waals surface area contributed by atoms with Crippen molar-refractivity contribution in [1.82, 2.24) is 0 Å². The summed E-state index contributed by atoms with van der Waals surface area (Å²) in [5.74, 6) is 1.90. The van der Waals surface area contributed by atoms with Gasteiger partial charge >= 0.3 is 0 Å². The molecule has 3 heteroatoms. The summed E-state index contributed by atoms with van der Waals surface area (Å²) >= 11 is 1.66. The van der Waals surface area contributed by atoms with Crippen LogP contribution in [0.3, 0.4) is 0 Å². The van der Waals surface area contributed by atoms with E-state index in [1.807, 2.05) is 24.3 Å². The average Bonchev–Trinajstić information content (AvgIpc) is 2.48. The molecule has 0 fully saturated rings. The molecule has 2 aromatic carbocycles. The lowest BCUT2D eigenvalue weighted by molar-refractivity contribution is 0.473. The molecule has 0 unspecified atom stereocenters. The predicted octanol–water partition coefficient (Wildman–Crippen LogP) is 4.56. The molecule has 0 spiro atoms. The van der Waals surface area contributed by atoms with Gasteiger partial charge in [0.05, 0.1) is 0 Å². The summed E-state index contributed by atoms with van der Waals surface area (Å²) in [5.41, 5.74) is 3.31. The van der Waals surface area contributed by atoms with Crippen molar-refractivity contribution in [3.63, 3.8) is 0 Å². The Bertz CT molecular complexity index is 604. The van der Waals surface area contributed by atoms with E-state index in [4.69, 9.17) is 0 Å². The molecular weight excluding hydrogens is 280 g/mol. The number of phenols is 2. The Balaban J connectivity index is 1.90. The Morgan fingerprint density at radius 2 is 1.14 bits per heavy atom. The molecule has 0 aromatic heterocycles. The minimum atomic E-state index is 0.252. The number of hydrogen-bond acceptors (Lipinski definition) is 3. The van der Waals surface area contributed by atoms with Gasteiger partial charge in [0.25, 0.3) is 0 Å². The second kappa shape index (κ2) is 7.04. The molecule has 2 rings (SSSR count). The molecule has 2 N–H and O–H groups in total. The lowest BCUT2D eigenvalue weighted by Gasteiger charge is -2.10. The summed E-state index contributed by atoms with van der Waals surface area (Å²) in [7, 11) is 0. The zero-order valence-corrected chi connectivity index (χ0v) is 12.6. The van der Waals surface area contributed by atoms with Crippen LogP contribution in [-0.4, -0.2) is 21.7 Å². The Labute approximate surface area is 129 Å². The monoisotopic (exact) mass is 298 g/mol. The molecule has 0 radical (unpaired) electrons. The molecule has 0 atom stereocenters. The average molecular weight is 298 g/mol. The Morgan fingerprint density at radius 3 is 1.52 bits per heavy atom. The van der Waals surface area contributed by atoms with Crippen LogP contribution >= 0.6 is 11.8 Å². The lowest BCUT2D eigenvalue weighted by Crippen LogP contribution is -1.91. The molecule has 2 nitrogen and oxygen atoms in total. The first-order valence-electron chi connectivity index (χ1n) is 6.59. The largest absolute Gasteiger partial charge is 0.507 e. The zero-order valence-electron chi connectivity index (χ0n) is 11.7. The highest BCUT2D eigenvalue weighted by atomic mass is 32.2. The van der Waals surface area contributed by atoms with Crippen molar-refractivity contribution in [2.45, 2.75) is 0 Å². The molecule has 0 saturated heterocycles. The van der Waals surface area contributed by atoms with Gasteiger partial charge < -0.3 is 10.2 Å². The number of hydrogen-bond donors (Lipinski definition) is 2. The topological polar surface area (TPSA) is 40.5 Å². The summed E-state index contributed by atoms with van der Waals surface area (Å²) in [6, 6.07) is 14.4. The van der Waals surface area contributed by atoms with Gasteiger partial charge in [-0.2, -0.15) is 11.8 Å². The highest BCUT2D eigenvalue weighted by molar-refractivity contribution is 8.00. The summed E-state index contributed by atoms with van der Waals surface area (Å²) in [4.78, 5) is 0. The van der Waals surface area contributed by atoms with Gasteiger partial charge in [0.1, 0.15) is 11.5 Å². The number of thioether (sulfide) groups is 1. The minimum Gasteiger partial charge on any atom is -0.507 e. The second-order valence-electron chi connectivity index (χ2n) is 4.73. The van der Waals surface area contributed by atoms with E-state index < -0.39 is 0 Å². The third-order valence-corrected chi connectivity index (χ3v) is 4.23. The third-order valence-electron chi connectivity index (χ3n) is 3.12. The maximum absolute atomic E-state index is 9.78. The van der Waals surface area contributed by atoms with Crippen molar-refractivity contribution in [2.24, 2.45) is 0 Å². The van der Waals surface area contributed by atoms with Gasteiger partial charge in [-0.3, -0.25) is 0 Å². The van der Waals surface area contributed by atoms with Gasteiger partial charge in [-0.25, -0.2) is 0 Å². The first-order valence-corrected chi connectivity index (χ1v) is 7.75. The molecule has 2 aromatic rings. The fraction of sp³-hybridized carbons (Fsp3) is 0.111. The van der Waals surface area contributed by atoms with Crippen molar-refractivity contribution >= 4 is 22.9 Å². The lowest BCUT2D eigenvalue weighted by atomic mass is 10.1. The van der Waals surface area contributed by atoms with Gasteiger partial charge in [0, 0.05) is 22.6 Å². The number of rotatable bonds is 6. The summed E-state index contributed by atoms with van der Waals surface area (Å²) in [5, 5.41) is 19.6. The van der Waals surface area contributed by atoms with Crippen molar-refractivity contribution in [3.05, 3.63) is 72.8 Å². The van der Waals surface area contributed by atoms with E-state index in [9.17, 15) is 10.2 Å². The molecule has 108 valence electrons. The van der Waals surface area contributed by atoms with Crippen LogP contribution < -0.4 is 0 Å². The number of aromatic hydroxyl groups is 2. The van der Waals surface area contributed by atoms with Gasteiger partial charge in [-0.05, 0) is 23.3 Å². The minimum absolute atomic E-state index is 0.252. The van der Waals surface area contributed by atoms with E-state index in [1.54, 1.807) is 36.0 Å². The first kappa shape index (κ1) is 15.3. The van der Waals surface area contributed by atoms with Crippen LogP contribution in [0.1, 0.15) is 11.1 Å². The highest BCUT2D eigenvalue weighted by Crippen LogP contribution is 2.29. The Hall–Kier alpha value is -2.13. The molecule has 0 saturated carbocycles. The SMILES string of the molecule is C=C(CSCC(=C)c1ccccc1O)c1ccccc1O. The number of phenolic OH excluding ortho intramolecular Hbond substituents is 2. The van der Waals surface area contributed by atoms with Crippen LogP contribution in [0.25, 0.3) is 11.1 Å². The van der Waals surface area contributed by atoms with Crippen LogP contribution in [0.5, 0.6) is 11.5 Å². The molecule has 0 amide bonds. The first-order chi connectivity index (χ1) is 10.1. The predicted molar refractivity (Wildman–Crippen MR) is 91.6 cm³/mol. The molecule has 0 aliphatic carbocycles. The number of para-hydroxylation sites is 2. The van der Waals surface area contributed by atoms with E-state index in [2.05, 4.69) is 13.2 Å². The smallest absolute Gasteiger partial charge is 0.123 e. The fourth-order valence-corrected chi connectivity index (χ4v) is 2.90. The van der Waals surface area contributed by atoms with Gasteiger partial charge in [-0.1, -0.05) is 49.6 Å². The van der Waals surface area contributed by atoms with Crippen LogP contribution in [-0.2, 0) is 0 Å². The van der Waals surface area contributed by atoms with Gasteiger partial charge in [-0.15, -0.1) is 0 Å². The summed E-state index contributed by atoms with van der Waals surface area (Å²) in [6.45, 7) is 8.03. The molecule has 0 aliphatic rings. The molecule has 0 bridgehead atoms. The van der Waals surface area contributed by atoms with Crippen molar-refractivity contribution < 1.29 is 10.2 Å². The fourth-order valence-electron chi connectivity index (χ4n) is 2.00. The molecular formula is C18H18O2S. The standard InChI is InChI=1S/C18H18O2S/c1-13(15-7-3-5-9-17(15)19)11-21-12-14(2)16-8-4-6-10-18(16)20/h3-10,19-20H,1-2,11-12H2. The quantitative estimate of drug-likeness (QED) is 0.821. The highest BCUT2D eigenvalue weighted by Gasteiger charge is 2.07. The number of benzene rings is 2. The van der Waals surface area contributed by atoms with Gasteiger partial charge in [0.15, 0.2) is 0 Å². The normalized spacial score (nSPS) is 10.3. The maximum Gasteiger partial charge on any atom is 0.123 e. The maximum atomic E-state index is 9.78. The zero-order chi connectivity index (χ0) is 15.2. The van der Waals surface area contributed by atoms with E-state index in [1.165, 1.54) is 0 Å². The summed E-state index contributed by atoms with van der Waals surface area (Å²) in [6.07, 6.45) is 0. The van der Waals surface area contributed by atoms with E-state index in [0.29, 0.717) is 11.5 Å².